The number of nitrogens with zero attached hydrogens (tertiary/aromatic N) is 7. The third kappa shape index (κ3) is 4.02. The molecule has 0 spiro atoms. The van der Waals surface area contributed by atoms with Crippen molar-refractivity contribution in [3.63, 3.8) is 0 Å². The van der Waals surface area contributed by atoms with Gasteiger partial charge in [0.05, 0.1) is 35.2 Å². The fourth-order valence-electron chi connectivity index (χ4n) is 3.97. The molecule has 0 bridgehead atoms. The zero-order chi connectivity index (χ0) is 23.9. The van der Waals surface area contributed by atoms with E-state index in [9.17, 15) is 18.0 Å². The van der Waals surface area contributed by atoms with E-state index in [0.29, 0.717) is 30.6 Å². The van der Waals surface area contributed by atoms with Crippen molar-refractivity contribution in [2.75, 3.05) is 6.54 Å². The van der Waals surface area contributed by atoms with E-state index >= 15 is 0 Å². The molecular weight excluding hydrogens is 451 g/mol. The number of likely N-dealkylation sites (tertiary alicyclic amines) is 1. The number of rotatable bonds is 4. The first kappa shape index (κ1) is 21.7. The van der Waals surface area contributed by atoms with Crippen molar-refractivity contribution in [2.24, 2.45) is 0 Å². The zero-order valence-corrected chi connectivity index (χ0v) is 17.9. The molecule has 12 heteroatoms. The normalized spacial score (nSPS) is 16.2. The molecule has 1 amide bonds. The van der Waals surface area contributed by atoms with Crippen molar-refractivity contribution in [3.05, 3.63) is 71.4 Å². The highest BCUT2D eigenvalue weighted by Gasteiger charge is 2.36. The Hall–Kier alpha value is -4.09. The number of pyridine rings is 1. The highest BCUT2D eigenvalue weighted by atomic mass is 19.4. The second kappa shape index (κ2) is 8.36. The van der Waals surface area contributed by atoms with Gasteiger partial charge in [-0.05, 0) is 44.0 Å². The van der Waals surface area contributed by atoms with Gasteiger partial charge < -0.3 is 9.42 Å². The van der Waals surface area contributed by atoms with E-state index in [1.165, 1.54) is 17.2 Å². The summed E-state index contributed by atoms with van der Waals surface area (Å²) in [5, 5.41) is 12.2. The van der Waals surface area contributed by atoms with E-state index in [2.05, 4.69) is 25.3 Å². The first-order valence-corrected chi connectivity index (χ1v) is 10.5. The molecule has 1 unspecified atom stereocenters. The fourth-order valence-corrected chi connectivity index (χ4v) is 3.97. The average Bonchev–Trinajstić information content (AvgIpc) is 3.59. The molecule has 5 rings (SSSR count). The molecule has 1 fully saturated rings. The maximum atomic E-state index is 13.6. The molecule has 1 aliphatic rings. The fraction of sp³-hybridized carbons (Fsp3) is 0.273. The van der Waals surface area contributed by atoms with Crippen LogP contribution in [0.2, 0.25) is 0 Å². The van der Waals surface area contributed by atoms with Crippen molar-refractivity contribution < 1.29 is 22.5 Å². The molecule has 9 nitrogen and oxygen atoms in total. The molecule has 0 saturated carbocycles. The van der Waals surface area contributed by atoms with Crippen LogP contribution in [0.4, 0.5) is 13.2 Å². The van der Waals surface area contributed by atoms with Gasteiger partial charge in [-0.2, -0.15) is 33.1 Å². The number of carbonyl (C=O) groups is 1. The van der Waals surface area contributed by atoms with Crippen LogP contribution in [-0.2, 0) is 6.18 Å². The molecule has 4 aromatic rings. The highest BCUT2D eigenvalue weighted by molar-refractivity contribution is 5.98. The molecular formula is C22H18F3N7O2. The lowest BCUT2D eigenvalue weighted by Gasteiger charge is -2.23. The highest BCUT2D eigenvalue weighted by Crippen LogP contribution is 2.35. The molecule has 0 aliphatic carbocycles. The minimum atomic E-state index is -4.52. The third-order valence-electron chi connectivity index (χ3n) is 5.58. The SMILES string of the molecule is Cc1ccc(-n2nccn2)c(C(=O)N2CCCC2c2noc(-c3cc(C(F)(F)F)ccn3)n2)c1. The van der Waals surface area contributed by atoms with Gasteiger partial charge in [0.2, 0.25) is 0 Å². The van der Waals surface area contributed by atoms with E-state index in [-0.39, 0.29) is 23.3 Å². The van der Waals surface area contributed by atoms with Crippen molar-refractivity contribution >= 4 is 5.91 Å². The largest absolute Gasteiger partial charge is 0.416 e. The second-order valence-electron chi connectivity index (χ2n) is 7.88. The summed E-state index contributed by atoms with van der Waals surface area (Å²) in [7, 11) is 0. The maximum absolute atomic E-state index is 13.6. The van der Waals surface area contributed by atoms with Crippen LogP contribution in [0.25, 0.3) is 17.3 Å². The molecule has 0 radical (unpaired) electrons. The Balaban J connectivity index is 1.45. The van der Waals surface area contributed by atoms with Gasteiger partial charge in [0, 0.05) is 12.7 Å². The van der Waals surface area contributed by atoms with Gasteiger partial charge in [-0.1, -0.05) is 16.8 Å². The van der Waals surface area contributed by atoms with Crippen molar-refractivity contribution in [1.82, 2.24) is 35.0 Å². The Morgan fingerprint density at radius 3 is 2.68 bits per heavy atom. The zero-order valence-electron chi connectivity index (χ0n) is 17.9. The van der Waals surface area contributed by atoms with Gasteiger partial charge in [0.25, 0.3) is 11.8 Å². The summed E-state index contributed by atoms with van der Waals surface area (Å²) >= 11 is 0. The van der Waals surface area contributed by atoms with Crippen LogP contribution in [-0.4, -0.2) is 47.5 Å². The third-order valence-corrected chi connectivity index (χ3v) is 5.58. The molecule has 1 atom stereocenters. The van der Waals surface area contributed by atoms with Crippen LogP contribution in [0.5, 0.6) is 0 Å². The summed E-state index contributed by atoms with van der Waals surface area (Å²) in [6.45, 7) is 2.35. The Morgan fingerprint density at radius 1 is 1.12 bits per heavy atom. The molecule has 34 heavy (non-hydrogen) atoms. The molecule has 1 saturated heterocycles. The number of hydrogen-bond donors (Lipinski definition) is 0. The van der Waals surface area contributed by atoms with Crippen molar-refractivity contribution in [2.45, 2.75) is 32.0 Å². The van der Waals surface area contributed by atoms with Gasteiger partial charge in [0.1, 0.15) is 5.69 Å². The topological polar surface area (TPSA) is 103 Å². The summed E-state index contributed by atoms with van der Waals surface area (Å²) < 4.78 is 44.4. The summed E-state index contributed by atoms with van der Waals surface area (Å²) in [5.41, 5.74) is 0.899. The number of alkyl halides is 3. The van der Waals surface area contributed by atoms with Crippen LogP contribution < -0.4 is 0 Å². The van der Waals surface area contributed by atoms with Crippen molar-refractivity contribution in [3.8, 4) is 17.3 Å². The first-order chi connectivity index (χ1) is 16.3. The summed E-state index contributed by atoms with van der Waals surface area (Å²) in [4.78, 5) is 24.8. The number of benzene rings is 1. The van der Waals surface area contributed by atoms with E-state index in [1.807, 2.05) is 13.0 Å². The Morgan fingerprint density at radius 2 is 1.91 bits per heavy atom. The molecule has 3 aromatic heterocycles. The predicted molar refractivity (Wildman–Crippen MR) is 112 cm³/mol. The molecule has 174 valence electrons. The number of halogens is 3. The number of amides is 1. The quantitative estimate of drug-likeness (QED) is 0.445. The van der Waals surface area contributed by atoms with Gasteiger partial charge in [-0.15, -0.1) is 0 Å². The smallest absolute Gasteiger partial charge is 0.332 e. The minimum Gasteiger partial charge on any atom is -0.332 e. The maximum Gasteiger partial charge on any atom is 0.416 e. The Kier molecular flexibility index (Phi) is 5.34. The van der Waals surface area contributed by atoms with E-state index < -0.39 is 17.8 Å². The van der Waals surface area contributed by atoms with Crippen LogP contribution in [0.15, 0.2) is 53.4 Å². The first-order valence-electron chi connectivity index (χ1n) is 10.5. The number of aryl methyl sites for hydroxylation is 1. The van der Waals surface area contributed by atoms with Crippen molar-refractivity contribution in [1.29, 1.82) is 0 Å². The number of aromatic nitrogens is 6. The summed E-state index contributed by atoms with van der Waals surface area (Å²) in [6.07, 6.45) is 0.857. The van der Waals surface area contributed by atoms with E-state index in [1.54, 1.807) is 17.0 Å². The molecule has 0 N–H and O–H groups in total. The van der Waals surface area contributed by atoms with Gasteiger partial charge >= 0.3 is 6.18 Å². The monoisotopic (exact) mass is 469 g/mol. The van der Waals surface area contributed by atoms with Crippen LogP contribution >= 0.6 is 0 Å². The summed E-state index contributed by atoms with van der Waals surface area (Å²) in [5.74, 6) is -0.175. The van der Waals surface area contributed by atoms with E-state index in [0.717, 1.165) is 23.9 Å². The lowest BCUT2D eigenvalue weighted by Crippen LogP contribution is -2.32. The van der Waals surface area contributed by atoms with Crippen LogP contribution in [0.1, 0.15) is 46.2 Å². The Bertz CT molecular complexity index is 1330. The Labute approximate surface area is 191 Å². The minimum absolute atomic E-state index is 0.0878. The summed E-state index contributed by atoms with van der Waals surface area (Å²) in [6, 6.07) is 6.64. The van der Waals surface area contributed by atoms with E-state index in [4.69, 9.17) is 4.52 Å². The molecule has 1 aromatic carbocycles. The second-order valence-corrected chi connectivity index (χ2v) is 7.88. The molecule has 4 heterocycles. The van der Waals surface area contributed by atoms with Crippen LogP contribution in [0.3, 0.4) is 0 Å². The lowest BCUT2D eigenvalue weighted by atomic mass is 10.1. The predicted octanol–water partition coefficient (Wildman–Crippen LogP) is 4.02. The van der Waals surface area contributed by atoms with Gasteiger partial charge in [-0.3, -0.25) is 9.78 Å². The average molecular weight is 469 g/mol. The van der Waals surface area contributed by atoms with Crippen LogP contribution in [0, 0.1) is 6.92 Å². The molecule has 1 aliphatic heterocycles. The number of hydrogen-bond acceptors (Lipinski definition) is 7. The standard InChI is InChI=1S/C22H18F3N7O2/c1-13-4-5-17(32-27-8-9-28-32)15(11-13)21(33)31-10-2-3-18(31)19-29-20(34-30-19)16-12-14(6-7-26-16)22(23,24)25/h4-9,11-12,18H,2-3,10H2,1H3. The lowest BCUT2D eigenvalue weighted by molar-refractivity contribution is -0.137. The number of carbonyl (C=O) groups excluding carboxylic acids is 1. The van der Waals surface area contributed by atoms with Gasteiger partial charge in [-0.25, -0.2) is 0 Å². The van der Waals surface area contributed by atoms with Gasteiger partial charge in [0.15, 0.2) is 5.82 Å².